The molecule has 4 aromatic carbocycles. The average Bonchev–Trinajstić information content (AvgIpc) is 4.07. The van der Waals surface area contributed by atoms with Gasteiger partial charge in [0.15, 0.2) is 11.6 Å². The molecule has 0 bridgehead atoms. The molecule has 11 nitrogen and oxygen atoms in total. The summed E-state index contributed by atoms with van der Waals surface area (Å²) in [6, 6.07) is 27.1. The molecule has 13 heteroatoms. The van der Waals surface area contributed by atoms with Crippen LogP contribution in [0.5, 0.6) is 5.75 Å². The Bertz CT molecular complexity index is 2900. The van der Waals surface area contributed by atoms with Crippen molar-refractivity contribution in [1.82, 2.24) is 34.8 Å². The SMILES string of the molecule is CCn1c2ccc(CNCCC(=O)NCCOc3ccc(CCc4nc5cc(-c6c(C)noc6C)ccc5n4CCN4CCOCC4)cc3F)cc2c2ccc(-c3cc(C)cs3)cc21. The zero-order valence-corrected chi connectivity index (χ0v) is 38.0. The first kappa shape index (κ1) is 43.4. The summed E-state index contributed by atoms with van der Waals surface area (Å²) in [5, 5.41) is 15.2. The summed E-state index contributed by atoms with van der Waals surface area (Å²) in [6.07, 6.45) is 1.60. The monoisotopic (exact) mass is 881 g/mol. The fourth-order valence-corrected chi connectivity index (χ4v) is 9.92. The Morgan fingerprint density at radius 3 is 2.45 bits per heavy atom. The van der Waals surface area contributed by atoms with E-state index in [1.54, 1.807) is 17.4 Å². The van der Waals surface area contributed by atoms with E-state index in [0.29, 0.717) is 32.4 Å². The van der Waals surface area contributed by atoms with E-state index in [9.17, 15) is 4.79 Å². The molecule has 64 heavy (non-hydrogen) atoms. The Morgan fingerprint density at radius 1 is 0.844 bits per heavy atom. The zero-order chi connectivity index (χ0) is 44.2. The maximum absolute atomic E-state index is 15.3. The quantitative estimate of drug-likeness (QED) is 0.0821. The van der Waals surface area contributed by atoms with Crippen LogP contribution in [-0.2, 0) is 42.0 Å². The Labute approximate surface area is 377 Å². The molecule has 1 amide bonds. The molecule has 0 atom stereocenters. The van der Waals surface area contributed by atoms with Crippen LogP contribution in [0.15, 0.2) is 88.8 Å². The van der Waals surface area contributed by atoms with Gasteiger partial charge in [-0.05, 0) is 116 Å². The minimum absolute atomic E-state index is 0.0824. The molecular formula is C51H56FN7O4S. The third-order valence-electron chi connectivity index (χ3n) is 12.3. The van der Waals surface area contributed by atoms with Crippen LogP contribution < -0.4 is 15.4 Å². The smallest absolute Gasteiger partial charge is 0.221 e. The van der Waals surface area contributed by atoms with Crippen molar-refractivity contribution in [3.8, 4) is 27.3 Å². The van der Waals surface area contributed by atoms with E-state index in [4.69, 9.17) is 19.0 Å². The Hall–Kier alpha value is -5.86. The number of nitrogens with one attached hydrogen (secondary N) is 2. The van der Waals surface area contributed by atoms with Crippen LogP contribution in [0.2, 0.25) is 0 Å². The van der Waals surface area contributed by atoms with Gasteiger partial charge in [0.25, 0.3) is 0 Å². The highest BCUT2D eigenvalue weighted by Crippen LogP contribution is 2.35. The summed E-state index contributed by atoms with van der Waals surface area (Å²) in [5.74, 6) is 1.40. The number of hydrogen-bond acceptors (Lipinski definition) is 9. The van der Waals surface area contributed by atoms with Gasteiger partial charge in [0.2, 0.25) is 5.91 Å². The lowest BCUT2D eigenvalue weighted by atomic mass is 10.0. The molecule has 9 rings (SSSR count). The van der Waals surface area contributed by atoms with Gasteiger partial charge in [0.1, 0.15) is 18.2 Å². The van der Waals surface area contributed by atoms with Gasteiger partial charge in [0, 0.05) is 90.9 Å². The number of morpholine rings is 1. The summed E-state index contributed by atoms with van der Waals surface area (Å²) in [6.45, 7) is 15.8. The van der Waals surface area contributed by atoms with E-state index >= 15 is 4.39 Å². The second-order valence-corrected chi connectivity index (χ2v) is 17.7. The highest BCUT2D eigenvalue weighted by molar-refractivity contribution is 7.13. The van der Waals surface area contributed by atoms with Gasteiger partial charge in [0.05, 0.1) is 36.5 Å². The fraction of sp³-hybridized carbons (Fsp3) is 0.353. The van der Waals surface area contributed by atoms with Crippen LogP contribution in [0.4, 0.5) is 4.39 Å². The molecule has 0 unspecified atom stereocenters. The third kappa shape index (κ3) is 9.49. The maximum atomic E-state index is 15.3. The standard InChI is InChI=1S/C51H56FN7O4S/c1-5-58-44-12-6-37(27-41(44)40-11-9-38(30-46(40)58)48-26-33(2)32-64-48)31-53-17-16-50(60)54-18-23-62-47-14-7-36(28-42(47)52)8-15-49-55-43-29-39(51-34(3)56-63-35(51)4)10-13-45(43)59(49)20-19-57-21-24-61-25-22-57/h6-7,9-14,26-30,32,53H,5,8,15-25,31H2,1-4H3,(H,54,60). The number of carbonyl (C=O) groups is 1. The molecule has 1 aliphatic rings. The second kappa shape index (κ2) is 19.5. The molecule has 0 aliphatic carbocycles. The van der Waals surface area contributed by atoms with Crippen LogP contribution in [0, 0.1) is 26.6 Å². The summed E-state index contributed by atoms with van der Waals surface area (Å²) in [4.78, 5) is 21.5. The number of carbonyl (C=O) groups excluding carboxylic acids is 1. The number of fused-ring (bicyclic) bond motifs is 4. The zero-order valence-electron chi connectivity index (χ0n) is 37.1. The minimum atomic E-state index is -0.423. The number of rotatable bonds is 18. The molecule has 0 spiro atoms. The first-order valence-corrected chi connectivity index (χ1v) is 23.3. The Balaban J connectivity index is 0.747. The predicted molar refractivity (Wildman–Crippen MR) is 254 cm³/mol. The molecule has 0 radical (unpaired) electrons. The average molecular weight is 882 g/mol. The van der Waals surface area contributed by atoms with Crippen molar-refractivity contribution in [1.29, 1.82) is 0 Å². The summed E-state index contributed by atoms with van der Waals surface area (Å²) in [5.41, 5.74) is 11.9. The van der Waals surface area contributed by atoms with Crippen molar-refractivity contribution in [2.45, 2.75) is 66.6 Å². The van der Waals surface area contributed by atoms with Crippen LogP contribution >= 0.6 is 11.3 Å². The molecule has 5 heterocycles. The molecule has 1 fully saturated rings. The molecule has 1 aliphatic heterocycles. The first-order valence-electron chi connectivity index (χ1n) is 22.4. The summed E-state index contributed by atoms with van der Waals surface area (Å²) in [7, 11) is 0. The number of benzene rings is 4. The third-order valence-corrected chi connectivity index (χ3v) is 13.4. The van der Waals surface area contributed by atoms with E-state index < -0.39 is 5.82 Å². The topological polar surface area (TPSA) is 112 Å². The number of aromatic nitrogens is 4. The molecule has 332 valence electrons. The lowest BCUT2D eigenvalue weighted by Crippen LogP contribution is -2.38. The lowest BCUT2D eigenvalue weighted by molar-refractivity contribution is -0.121. The van der Waals surface area contributed by atoms with Gasteiger partial charge in [-0.3, -0.25) is 9.69 Å². The summed E-state index contributed by atoms with van der Waals surface area (Å²) < 4.78 is 36.8. The number of nitrogens with zero attached hydrogens (tertiary/aromatic N) is 5. The van der Waals surface area contributed by atoms with Gasteiger partial charge in [-0.2, -0.15) is 0 Å². The molecule has 4 aromatic heterocycles. The van der Waals surface area contributed by atoms with Crippen molar-refractivity contribution in [2.75, 3.05) is 52.5 Å². The number of aryl methyl sites for hydroxylation is 6. The summed E-state index contributed by atoms with van der Waals surface area (Å²) >= 11 is 1.78. The van der Waals surface area contributed by atoms with E-state index in [0.717, 1.165) is 90.9 Å². The van der Waals surface area contributed by atoms with E-state index in [1.165, 1.54) is 49.4 Å². The molecule has 2 N–H and O–H groups in total. The number of hydrogen-bond donors (Lipinski definition) is 2. The van der Waals surface area contributed by atoms with Gasteiger partial charge in [-0.15, -0.1) is 11.3 Å². The fourth-order valence-electron chi connectivity index (χ4n) is 9.02. The second-order valence-electron chi connectivity index (χ2n) is 16.7. The lowest BCUT2D eigenvalue weighted by Gasteiger charge is -2.27. The van der Waals surface area contributed by atoms with E-state index in [-0.39, 0.29) is 24.8 Å². The molecule has 1 saturated heterocycles. The van der Waals surface area contributed by atoms with Gasteiger partial charge in [-0.1, -0.05) is 35.5 Å². The predicted octanol–water partition coefficient (Wildman–Crippen LogP) is 9.40. The normalized spacial score (nSPS) is 13.5. The van der Waals surface area contributed by atoms with E-state index in [2.05, 4.69) is 110 Å². The van der Waals surface area contributed by atoms with Gasteiger partial charge in [-0.25, -0.2) is 9.37 Å². The number of imidazole rings is 1. The number of amides is 1. The van der Waals surface area contributed by atoms with Crippen molar-refractivity contribution in [3.63, 3.8) is 0 Å². The van der Waals surface area contributed by atoms with Crippen LogP contribution in [0.3, 0.4) is 0 Å². The van der Waals surface area contributed by atoms with Crippen LogP contribution in [0.25, 0.3) is 54.4 Å². The van der Waals surface area contributed by atoms with Crippen molar-refractivity contribution < 1.29 is 23.2 Å². The van der Waals surface area contributed by atoms with Crippen LogP contribution in [-0.4, -0.2) is 82.6 Å². The Kier molecular flexibility index (Phi) is 13.2. The molecular weight excluding hydrogens is 826 g/mol. The first-order chi connectivity index (χ1) is 31.2. The van der Waals surface area contributed by atoms with Crippen LogP contribution in [0.1, 0.15) is 47.3 Å². The van der Waals surface area contributed by atoms with Crippen molar-refractivity contribution in [2.24, 2.45) is 0 Å². The Morgan fingerprint density at radius 2 is 1.67 bits per heavy atom. The molecule has 8 aromatic rings. The number of ether oxygens (including phenoxy) is 2. The number of halogens is 1. The van der Waals surface area contributed by atoms with Crippen molar-refractivity contribution in [3.05, 3.63) is 124 Å². The van der Waals surface area contributed by atoms with Gasteiger partial charge >= 0.3 is 0 Å². The van der Waals surface area contributed by atoms with Crippen molar-refractivity contribution >= 4 is 50.1 Å². The largest absolute Gasteiger partial charge is 0.489 e. The van der Waals surface area contributed by atoms with Gasteiger partial charge < -0.3 is 33.8 Å². The minimum Gasteiger partial charge on any atom is -0.489 e. The number of thiophene rings is 1. The molecule has 0 saturated carbocycles. The maximum Gasteiger partial charge on any atom is 0.221 e. The highest BCUT2D eigenvalue weighted by Gasteiger charge is 2.19. The van der Waals surface area contributed by atoms with E-state index in [1.807, 2.05) is 19.9 Å². The highest BCUT2D eigenvalue weighted by atomic mass is 32.1.